The normalized spacial score (nSPS) is 15.8. The van der Waals surface area contributed by atoms with E-state index < -0.39 is 11.7 Å². The molecule has 2 rings (SSSR count). The number of halogens is 1. The molecule has 1 aromatic rings. The zero-order valence-corrected chi connectivity index (χ0v) is 11.4. The molecule has 2 N–H and O–H groups in total. The summed E-state index contributed by atoms with van der Waals surface area (Å²) < 4.78 is 13.4. The first-order chi connectivity index (χ1) is 9.16. The lowest BCUT2D eigenvalue weighted by Gasteiger charge is -2.23. The lowest BCUT2D eigenvalue weighted by Crippen LogP contribution is -2.41. The average molecular weight is 280 g/mol. The molecule has 0 bridgehead atoms. The highest BCUT2D eigenvalue weighted by Crippen LogP contribution is 2.17. The first kappa shape index (κ1) is 13.9. The van der Waals surface area contributed by atoms with Crippen molar-refractivity contribution in [2.24, 2.45) is 0 Å². The number of carbonyl (C=O) groups is 1. The molecule has 0 atom stereocenters. The third-order valence-corrected chi connectivity index (χ3v) is 3.57. The minimum Gasteiger partial charge on any atom is -0.369 e. The van der Waals surface area contributed by atoms with Gasteiger partial charge in [0.2, 0.25) is 0 Å². The van der Waals surface area contributed by atoms with Gasteiger partial charge in [-0.3, -0.25) is 4.79 Å². The van der Waals surface area contributed by atoms with Crippen LogP contribution in [0, 0.1) is 5.82 Å². The van der Waals surface area contributed by atoms with Gasteiger partial charge in [-0.25, -0.2) is 4.39 Å². The van der Waals surface area contributed by atoms with E-state index in [9.17, 15) is 9.18 Å². The fourth-order valence-electron chi connectivity index (χ4n) is 2.24. The average Bonchev–Trinajstić information content (AvgIpc) is 2.42. The maximum absolute atomic E-state index is 13.4. The van der Waals surface area contributed by atoms with E-state index in [4.69, 9.17) is 12.2 Å². The van der Waals surface area contributed by atoms with E-state index in [0.717, 1.165) is 25.7 Å². The van der Waals surface area contributed by atoms with E-state index in [1.807, 2.05) is 0 Å². The Morgan fingerprint density at radius 2 is 1.89 bits per heavy atom. The van der Waals surface area contributed by atoms with Gasteiger partial charge in [0.15, 0.2) is 4.99 Å². The van der Waals surface area contributed by atoms with Gasteiger partial charge < -0.3 is 10.6 Å². The first-order valence-corrected chi connectivity index (χ1v) is 6.94. The van der Waals surface area contributed by atoms with Crippen molar-refractivity contribution in [2.45, 2.75) is 38.1 Å². The number of thiocarbonyl (C=S) groups is 1. The highest BCUT2D eigenvalue weighted by Gasteiger charge is 2.18. The molecule has 5 heteroatoms. The van der Waals surface area contributed by atoms with Crippen LogP contribution in [0.2, 0.25) is 0 Å². The molecule has 3 nitrogen and oxygen atoms in total. The Kier molecular flexibility index (Phi) is 4.85. The molecule has 0 aliphatic heterocycles. The minimum atomic E-state index is -0.462. The molecule has 0 radical (unpaired) electrons. The number of nitrogens with one attached hydrogen (secondary N) is 2. The second kappa shape index (κ2) is 6.61. The number of anilines is 1. The van der Waals surface area contributed by atoms with Crippen molar-refractivity contribution >= 4 is 28.8 Å². The van der Waals surface area contributed by atoms with E-state index in [1.165, 1.54) is 18.6 Å². The highest BCUT2D eigenvalue weighted by atomic mass is 32.1. The van der Waals surface area contributed by atoms with E-state index in [0.29, 0.717) is 0 Å². The molecule has 102 valence electrons. The predicted molar refractivity (Wildman–Crippen MR) is 77.6 cm³/mol. The molecule has 1 aromatic carbocycles. The van der Waals surface area contributed by atoms with E-state index in [1.54, 1.807) is 12.1 Å². The summed E-state index contributed by atoms with van der Waals surface area (Å²) in [5, 5.41) is 5.54. The Labute approximate surface area is 117 Å². The molecule has 0 aromatic heterocycles. The van der Waals surface area contributed by atoms with Gasteiger partial charge in [0.1, 0.15) is 5.82 Å². The van der Waals surface area contributed by atoms with E-state index in [2.05, 4.69) is 10.6 Å². The summed E-state index contributed by atoms with van der Waals surface area (Å²) in [7, 11) is 0. The molecule has 19 heavy (non-hydrogen) atoms. The molecule has 1 amide bonds. The van der Waals surface area contributed by atoms with Crippen LogP contribution in [-0.4, -0.2) is 16.9 Å². The first-order valence-electron chi connectivity index (χ1n) is 6.53. The topological polar surface area (TPSA) is 41.1 Å². The number of para-hydroxylation sites is 1. The fourth-order valence-corrected chi connectivity index (χ4v) is 2.46. The van der Waals surface area contributed by atoms with Crippen LogP contribution in [0.25, 0.3) is 0 Å². The predicted octanol–water partition coefficient (Wildman–Crippen LogP) is 3.01. The van der Waals surface area contributed by atoms with Crippen molar-refractivity contribution in [3.8, 4) is 0 Å². The van der Waals surface area contributed by atoms with Crippen molar-refractivity contribution in [1.82, 2.24) is 5.32 Å². The van der Waals surface area contributed by atoms with Gasteiger partial charge in [-0.1, -0.05) is 43.6 Å². The van der Waals surface area contributed by atoms with Crippen LogP contribution in [0.4, 0.5) is 10.1 Å². The van der Waals surface area contributed by atoms with Crippen molar-refractivity contribution in [1.29, 1.82) is 0 Å². The Morgan fingerprint density at radius 3 is 2.58 bits per heavy atom. The summed E-state index contributed by atoms with van der Waals surface area (Å²) in [6.07, 6.45) is 5.64. The van der Waals surface area contributed by atoms with E-state index in [-0.39, 0.29) is 16.7 Å². The van der Waals surface area contributed by atoms with Crippen molar-refractivity contribution in [3.63, 3.8) is 0 Å². The van der Waals surface area contributed by atoms with Crippen LogP contribution in [0.3, 0.4) is 0 Å². The second-order valence-corrected chi connectivity index (χ2v) is 5.15. The molecule has 1 aliphatic rings. The zero-order valence-electron chi connectivity index (χ0n) is 10.6. The Morgan fingerprint density at radius 1 is 1.21 bits per heavy atom. The second-order valence-electron chi connectivity index (χ2n) is 4.74. The maximum Gasteiger partial charge on any atom is 0.283 e. The van der Waals surface area contributed by atoms with Crippen molar-refractivity contribution < 1.29 is 9.18 Å². The van der Waals surface area contributed by atoms with Gasteiger partial charge in [0, 0.05) is 6.04 Å². The maximum atomic E-state index is 13.4. The summed E-state index contributed by atoms with van der Waals surface area (Å²) in [6, 6.07) is 6.32. The minimum absolute atomic E-state index is 0.134. The number of rotatable bonds is 2. The van der Waals surface area contributed by atoms with Crippen LogP contribution in [0.1, 0.15) is 32.1 Å². The van der Waals surface area contributed by atoms with Gasteiger partial charge in [0.05, 0.1) is 5.69 Å². The number of amides is 1. The Hall–Kier alpha value is -1.49. The number of benzene rings is 1. The monoisotopic (exact) mass is 280 g/mol. The lowest BCUT2D eigenvalue weighted by atomic mass is 9.95. The van der Waals surface area contributed by atoms with Crippen molar-refractivity contribution in [3.05, 3.63) is 30.1 Å². The van der Waals surface area contributed by atoms with Crippen LogP contribution >= 0.6 is 12.2 Å². The van der Waals surface area contributed by atoms with Crippen LogP contribution in [0.5, 0.6) is 0 Å². The van der Waals surface area contributed by atoms with Gasteiger partial charge in [0.25, 0.3) is 5.91 Å². The molecular weight excluding hydrogens is 263 g/mol. The number of hydrogen-bond donors (Lipinski definition) is 2. The fraction of sp³-hybridized carbons (Fsp3) is 0.429. The van der Waals surface area contributed by atoms with Crippen molar-refractivity contribution in [2.75, 3.05) is 5.32 Å². The van der Waals surface area contributed by atoms with Gasteiger partial charge in [-0.15, -0.1) is 0 Å². The third kappa shape index (κ3) is 3.99. The molecule has 0 saturated heterocycles. The van der Waals surface area contributed by atoms with Crippen LogP contribution < -0.4 is 10.6 Å². The Bertz CT molecular complexity index is 472. The summed E-state index contributed by atoms with van der Waals surface area (Å²) in [5.74, 6) is -0.915. The molecule has 1 fully saturated rings. The molecule has 0 heterocycles. The van der Waals surface area contributed by atoms with Gasteiger partial charge in [-0.05, 0) is 25.0 Å². The summed E-state index contributed by atoms with van der Waals surface area (Å²) in [4.78, 5) is 12.0. The number of hydrogen-bond acceptors (Lipinski definition) is 2. The summed E-state index contributed by atoms with van der Waals surface area (Å²) in [5.41, 5.74) is 0.153. The van der Waals surface area contributed by atoms with Crippen LogP contribution in [-0.2, 0) is 4.79 Å². The molecule has 0 spiro atoms. The molecular formula is C14H17FN2OS. The van der Waals surface area contributed by atoms with Gasteiger partial charge >= 0.3 is 0 Å². The standard InChI is InChI=1S/C14H17FN2OS/c15-11-8-4-5-9-12(11)17-13(18)14(19)16-10-6-2-1-3-7-10/h4-5,8-10H,1-3,6-7H2,(H,16,19)(H,17,18). The van der Waals surface area contributed by atoms with Gasteiger partial charge in [-0.2, -0.15) is 0 Å². The lowest BCUT2D eigenvalue weighted by molar-refractivity contribution is -0.110. The molecule has 1 aliphatic carbocycles. The quantitative estimate of drug-likeness (QED) is 0.818. The zero-order chi connectivity index (χ0) is 13.7. The highest BCUT2D eigenvalue weighted by molar-refractivity contribution is 7.82. The summed E-state index contributed by atoms with van der Waals surface area (Å²) in [6.45, 7) is 0. The summed E-state index contributed by atoms with van der Waals surface area (Å²) >= 11 is 5.05. The number of carbonyl (C=O) groups excluding carboxylic acids is 1. The SMILES string of the molecule is O=C(Nc1ccccc1F)C(=S)NC1CCCCC1. The largest absolute Gasteiger partial charge is 0.369 e. The molecule has 0 unspecified atom stereocenters. The Balaban J connectivity index is 1.89. The van der Waals surface area contributed by atoms with E-state index >= 15 is 0 Å². The van der Waals surface area contributed by atoms with Crippen LogP contribution in [0.15, 0.2) is 24.3 Å². The third-order valence-electron chi connectivity index (χ3n) is 3.27. The smallest absolute Gasteiger partial charge is 0.283 e. The molecule has 1 saturated carbocycles.